The molecule has 0 fully saturated rings. The third-order valence-electron chi connectivity index (χ3n) is 4.31. The van der Waals surface area contributed by atoms with E-state index in [1.165, 1.54) is 10.5 Å². The molecule has 0 radical (unpaired) electrons. The largest absolute Gasteiger partial charge is 0.493 e. The summed E-state index contributed by atoms with van der Waals surface area (Å²) < 4.78 is 17.2. The van der Waals surface area contributed by atoms with Crippen LogP contribution in [0.1, 0.15) is 23.2 Å². The zero-order valence-electron chi connectivity index (χ0n) is 16.1. The molecule has 28 heavy (non-hydrogen) atoms. The van der Waals surface area contributed by atoms with Gasteiger partial charge in [-0.1, -0.05) is 12.1 Å². The Hall–Kier alpha value is -3.35. The maximum Gasteiger partial charge on any atom is 0.306 e. The van der Waals surface area contributed by atoms with Crippen molar-refractivity contribution in [2.24, 2.45) is 0 Å². The van der Waals surface area contributed by atoms with Crippen LogP contribution in [0.2, 0.25) is 0 Å². The summed E-state index contributed by atoms with van der Waals surface area (Å²) in [5.41, 5.74) is 2.64. The Kier molecular flexibility index (Phi) is 5.93. The highest BCUT2D eigenvalue weighted by molar-refractivity contribution is 5.69. The summed E-state index contributed by atoms with van der Waals surface area (Å²) in [5.74, 6) is 0.891. The number of esters is 1. The predicted octanol–water partition coefficient (Wildman–Crippen LogP) is 2.70. The minimum atomic E-state index is -0.360. The van der Waals surface area contributed by atoms with Gasteiger partial charge in [-0.25, -0.2) is 4.98 Å². The Labute approximate surface area is 162 Å². The van der Waals surface area contributed by atoms with Crippen LogP contribution < -0.4 is 15.0 Å². The van der Waals surface area contributed by atoms with Crippen molar-refractivity contribution in [3.8, 4) is 11.5 Å². The van der Waals surface area contributed by atoms with Gasteiger partial charge in [0, 0.05) is 18.7 Å². The van der Waals surface area contributed by atoms with Crippen molar-refractivity contribution in [2.75, 3.05) is 14.2 Å². The van der Waals surface area contributed by atoms with E-state index in [2.05, 4.69) is 4.98 Å². The molecule has 0 aliphatic rings. The van der Waals surface area contributed by atoms with E-state index in [4.69, 9.17) is 14.2 Å². The molecule has 7 nitrogen and oxygen atoms in total. The van der Waals surface area contributed by atoms with Gasteiger partial charge in [0.1, 0.15) is 12.3 Å². The summed E-state index contributed by atoms with van der Waals surface area (Å²) in [4.78, 5) is 28.6. The molecule has 3 rings (SSSR count). The summed E-state index contributed by atoms with van der Waals surface area (Å²) in [7, 11) is 3.14. The first-order chi connectivity index (χ1) is 13.5. The summed E-state index contributed by atoms with van der Waals surface area (Å²) >= 11 is 0. The molecule has 0 spiro atoms. The zero-order valence-corrected chi connectivity index (χ0v) is 16.1. The van der Waals surface area contributed by atoms with Gasteiger partial charge < -0.3 is 14.2 Å². The molecule has 1 aromatic carbocycles. The van der Waals surface area contributed by atoms with Crippen molar-refractivity contribution in [1.82, 2.24) is 9.38 Å². The van der Waals surface area contributed by atoms with E-state index < -0.39 is 0 Å². The summed E-state index contributed by atoms with van der Waals surface area (Å²) in [5, 5.41) is 0. The van der Waals surface area contributed by atoms with E-state index in [0.29, 0.717) is 29.3 Å². The maximum absolute atomic E-state index is 12.2. The molecule has 2 heterocycles. The van der Waals surface area contributed by atoms with Crippen LogP contribution in [0.25, 0.3) is 5.65 Å². The zero-order chi connectivity index (χ0) is 20.1. The smallest absolute Gasteiger partial charge is 0.306 e. The third-order valence-corrected chi connectivity index (χ3v) is 4.31. The van der Waals surface area contributed by atoms with Crippen LogP contribution in [0.4, 0.5) is 0 Å². The molecule has 0 unspecified atom stereocenters. The van der Waals surface area contributed by atoms with Gasteiger partial charge in [0.25, 0.3) is 5.56 Å². The van der Waals surface area contributed by atoms with Crippen LogP contribution >= 0.6 is 0 Å². The number of ether oxygens (including phenoxy) is 3. The standard InChI is InChI=1S/C21H22N2O5/c1-14-4-8-19-22-16(11-20(24)23(19)12-14)13-28-21(25)9-6-15-5-7-17(26-2)18(10-15)27-3/h4-5,7-8,10-12H,6,9,13H2,1-3H3. The second-order valence-electron chi connectivity index (χ2n) is 6.37. The maximum atomic E-state index is 12.2. The lowest BCUT2D eigenvalue weighted by Crippen LogP contribution is -2.17. The minimum Gasteiger partial charge on any atom is -0.493 e. The molecule has 0 N–H and O–H groups in total. The first kappa shape index (κ1) is 19.4. The molecule has 7 heteroatoms. The molecule has 0 amide bonds. The highest BCUT2D eigenvalue weighted by Crippen LogP contribution is 2.28. The van der Waals surface area contributed by atoms with Gasteiger partial charge in [0.15, 0.2) is 11.5 Å². The molecule has 0 aliphatic heterocycles. The van der Waals surface area contributed by atoms with Crippen molar-refractivity contribution in [3.63, 3.8) is 0 Å². The Balaban J connectivity index is 1.59. The topological polar surface area (TPSA) is 79.1 Å². The molecular formula is C21H22N2O5. The average Bonchev–Trinajstić information content (AvgIpc) is 2.71. The summed E-state index contributed by atoms with van der Waals surface area (Å²) in [6.07, 6.45) is 2.44. The second kappa shape index (κ2) is 8.56. The van der Waals surface area contributed by atoms with Crippen molar-refractivity contribution in [2.45, 2.75) is 26.4 Å². The van der Waals surface area contributed by atoms with Crippen molar-refractivity contribution < 1.29 is 19.0 Å². The van der Waals surface area contributed by atoms with Crippen LogP contribution in [0.15, 0.2) is 47.4 Å². The fourth-order valence-corrected chi connectivity index (χ4v) is 2.84. The first-order valence-electron chi connectivity index (χ1n) is 8.85. The Bertz CT molecular complexity index is 1060. The van der Waals surface area contributed by atoms with Crippen LogP contribution in [0.5, 0.6) is 11.5 Å². The van der Waals surface area contributed by atoms with Crippen molar-refractivity contribution in [1.29, 1.82) is 0 Å². The Morgan fingerprint density at radius 1 is 1.07 bits per heavy atom. The molecule has 3 aromatic rings. The number of rotatable bonds is 7. The molecule has 0 atom stereocenters. The molecule has 146 valence electrons. The van der Waals surface area contributed by atoms with E-state index in [1.807, 2.05) is 25.1 Å². The quantitative estimate of drug-likeness (QED) is 0.585. The number of benzene rings is 1. The molecule has 2 aromatic heterocycles. The van der Waals surface area contributed by atoms with E-state index in [-0.39, 0.29) is 24.6 Å². The van der Waals surface area contributed by atoms with E-state index in [1.54, 1.807) is 32.5 Å². The molecular weight excluding hydrogens is 360 g/mol. The van der Waals surface area contributed by atoms with E-state index in [9.17, 15) is 9.59 Å². The number of hydrogen-bond acceptors (Lipinski definition) is 6. The first-order valence-corrected chi connectivity index (χ1v) is 8.85. The summed E-state index contributed by atoms with van der Waals surface area (Å²) in [6, 6.07) is 10.5. The number of methoxy groups -OCH3 is 2. The van der Waals surface area contributed by atoms with Gasteiger partial charge in [-0.05, 0) is 42.7 Å². The fraction of sp³-hybridized carbons (Fsp3) is 0.286. The highest BCUT2D eigenvalue weighted by atomic mass is 16.5. The lowest BCUT2D eigenvalue weighted by molar-refractivity contribution is -0.145. The number of carbonyl (C=O) groups excluding carboxylic acids is 1. The monoisotopic (exact) mass is 382 g/mol. The van der Waals surface area contributed by atoms with Crippen molar-refractivity contribution in [3.05, 3.63) is 69.8 Å². The number of carbonyl (C=O) groups is 1. The normalized spacial score (nSPS) is 10.7. The molecule has 0 saturated carbocycles. The Morgan fingerprint density at radius 2 is 1.86 bits per heavy atom. The minimum absolute atomic E-state index is 0.0373. The molecule has 0 aliphatic carbocycles. The van der Waals surface area contributed by atoms with E-state index in [0.717, 1.165) is 11.1 Å². The average molecular weight is 382 g/mol. The van der Waals surface area contributed by atoms with Gasteiger partial charge in [-0.15, -0.1) is 0 Å². The van der Waals surface area contributed by atoms with Gasteiger partial charge in [-0.3, -0.25) is 14.0 Å². The highest BCUT2D eigenvalue weighted by Gasteiger charge is 2.09. The van der Waals surface area contributed by atoms with Crippen LogP contribution in [-0.2, 0) is 22.6 Å². The molecule has 0 saturated heterocycles. The van der Waals surface area contributed by atoms with Crippen molar-refractivity contribution >= 4 is 11.6 Å². The lowest BCUT2D eigenvalue weighted by Gasteiger charge is -2.10. The Morgan fingerprint density at radius 3 is 2.61 bits per heavy atom. The van der Waals surface area contributed by atoms with E-state index >= 15 is 0 Å². The molecule has 0 bridgehead atoms. The SMILES string of the molecule is COc1ccc(CCC(=O)OCc2cc(=O)n3cc(C)ccc3n2)cc1OC. The van der Waals surface area contributed by atoms with Gasteiger partial charge >= 0.3 is 5.97 Å². The number of aromatic nitrogens is 2. The summed E-state index contributed by atoms with van der Waals surface area (Å²) in [6.45, 7) is 1.87. The number of fused-ring (bicyclic) bond motifs is 1. The van der Waals surface area contributed by atoms with Crippen LogP contribution in [0, 0.1) is 6.92 Å². The van der Waals surface area contributed by atoms with Crippen LogP contribution in [-0.4, -0.2) is 29.6 Å². The fourth-order valence-electron chi connectivity index (χ4n) is 2.84. The lowest BCUT2D eigenvalue weighted by atomic mass is 10.1. The van der Waals surface area contributed by atoms with Gasteiger partial charge in [-0.2, -0.15) is 0 Å². The van der Waals surface area contributed by atoms with Gasteiger partial charge in [0.05, 0.1) is 19.9 Å². The number of nitrogens with zero attached hydrogens (tertiary/aromatic N) is 2. The van der Waals surface area contributed by atoms with Crippen LogP contribution in [0.3, 0.4) is 0 Å². The number of pyridine rings is 1. The third kappa shape index (κ3) is 4.49. The second-order valence-corrected chi connectivity index (χ2v) is 6.37. The number of aryl methyl sites for hydroxylation is 2. The predicted molar refractivity (Wildman–Crippen MR) is 104 cm³/mol. The number of hydrogen-bond donors (Lipinski definition) is 0. The van der Waals surface area contributed by atoms with Gasteiger partial charge in [0.2, 0.25) is 0 Å².